The van der Waals surface area contributed by atoms with Crippen molar-refractivity contribution in [2.24, 2.45) is 22.7 Å². The Morgan fingerprint density at radius 3 is 2.27 bits per heavy atom. The van der Waals surface area contributed by atoms with Gasteiger partial charge in [-0.1, -0.05) is 85.6 Å². The van der Waals surface area contributed by atoms with E-state index in [1.807, 2.05) is 25.7 Å². The van der Waals surface area contributed by atoms with Crippen LogP contribution in [0.15, 0.2) is 12.7 Å². The number of amides is 6. The first-order valence-electron chi connectivity index (χ1n) is 18.6. The molecule has 0 unspecified atom stereocenters. The Hall–Kier alpha value is -3.44. The molecule has 0 aromatic heterocycles. The molecule has 3 saturated heterocycles. The van der Waals surface area contributed by atoms with Crippen LogP contribution in [-0.2, 0) is 24.0 Å². The lowest BCUT2D eigenvalue weighted by molar-refractivity contribution is -0.144. The number of nitrogens with one attached hydrogen (secondary N) is 4. The van der Waals surface area contributed by atoms with Gasteiger partial charge in [0.2, 0.25) is 23.5 Å². The fraction of sp³-hybridized carbons (Fsp3) is 0.784. The monoisotopic (exact) mass is 684 g/mol. The summed E-state index contributed by atoms with van der Waals surface area (Å²) >= 11 is 0. The maximum absolute atomic E-state index is 14.4. The SMILES string of the molecule is C=CCNC(=O)C(=O)[C@@H]1CCCCCCCCC[C@H](NC(=O)N[C@H](CN2CCCCC2=O)C(C)(C)C)C(=O)N2C[C@H]3[C@@H]([C@H]2C(=O)N1)C3(C)C. The number of urea groups is 1. The first kappa shape index (κ1) is 38.4. The number of rotatable bonds is 8. The van der Waals surface area contributed by atoms with Crippen LogP contribution in [0.3, 0.4) is 0 Å². The number of hydrogen-bond donors (Lipinski definition) is 4. The molecule has 1 aliphatic carbocycles. The molecule has 3 heterocycles. The molecule has 0 aromatic carbocycles. The average Bonchev–Trinajstić information content (AvgIpc) is 3.35. The smallest absolute Gasteiger partial charge is 0.315 e. The fourth-order valence-electron chi connectivity index (χ4n) is 7.96. The highest BCUT2D eigenvalue weighted by molar-refractivity contribution is 6.38. The lowest BCUT2D eigenvalue weighted by Crippen LogP contribution is -2.60. The third-order valence-electron chi connectivity index (χ3n) is 11.3. The van der Waals surface area contributed by atoms with Gasteiger partial charge < -0.3 is 31.1 Å². The minimum absolute atomic E-state index is 0.0941. The highest BCUT2D eigenvalue weighted by Crippen LogP contribution is 2.65. The minimum atomic E-state index is -0.996. The normalized spacial score (nSPS) is 28.8. The first-order chi connectivity index (χ1) is 23.2. The number of piperidine rings is 2. The van der Waals surface area contributed by atoms with Gasteiger partial charge in [-0.25, -0.2) is 4.79 Å². The summed E-state index contributed by atoms with van der Waals surface area (Å²) in [6.07, 6.45) is 10.8. The molecule has 6 amide bonds. The second-order valence-electron chi connectivity index (χ2n) is 16.3. The van der Waals surface area contributed by atoms with Gasteiger partial charge in [-0.3, -0.25) is 24.0 Å². The van der Waals surface area contributed by atoms with Crippen molar-refractivity contribution in [2.75, 3.05) is 26.2 Å². The molecule has 12 heteroatoms. The van der Waals surface area contributed by atoms with Gasteiger partial charge in [0.1, 0.15) is 12.1 Å². The maximum Gasteiger partial charge on any atom is 0.315 e. The summed E-state index contributed by atoms with van der Waals surface area (Å²) in [4.78, 5) is 83.9. The van der Waals surface area contributed by atoms with Crippen molar-refractivity contribution in [2.45, 2.75) is 136 Å². The second-order valence-corrected chi connectivity index (χ2v) is 16.3. The Morgan fingerprint density at radius 2 is 1.63 bits per heavy atom. The van der Waals surface area contributed by atoms with Crippen molar-refractivity contribution in [3.8, 4) is 0 Å². The zero-order valence-corrected chi connectivity index (χ0v) is 30.4. The number of fused-ring (bicyclic) bond motifs is 3. The second kappa shape index (κ2) is 16.5. The summed E-state index contributed by atoms with van der Waals surface area (Å²) < 4.78 is 0. The predicted octanol–water partition coefficient (Wildman–Crippen LogP) is 3.45. The standard InChI is InChI=1S/C37H60N6O6/c1-7-20-38-33(47)31(45)25-17-13-11-9-8-10-12-14-18-26(34(48)43-22-24-29(37(24,5)6)30(43)32(46)39-25)40-35(49)41-27(36(2,3)4)23-42-21-16-15-19-28(42)44/h7,24-27,29-30H,1,8-23H2,2-6H3,(H,38,47)(H,39,46)(H2,40,41,49)/t24-,25-,26-,27+,29-,30-/m0/s1. The molecule has 4 N–H and O–H groups in total. The quantitative estimate of drug-likeness (QED) is 0.227. The molecule has 4 aliphatic rings. The topological polar surface area (TPSA) is 157 Å². The van der Waals surface area contributed by atoms with Crippen molar-refractivity contribution in [3.05, 3.63) is 12.7 Å². The van der Waals surface area contributed by atoms with E-state index in [4.69, 9.17) is 0 Å². The summed E-state index contributed by atoms with van der Waals surface area (Å²) in [5.74, 6) is -2.10. The van der Waals surface area contributed by atoms with E-state index in [1.54, 1.807) is 4.90 Å². The number of carbonyl (C=O) groups is 6. The van der Waals surface area contributed by atoms with Gasteiger partial charge in [0.05, 0.1) is 12.1 Å². The third-order valence-corrected chi connectivity index (χ3v) is 11.3. The zero-order valence-electron chi connectivity index (χ0n) is 30.4. The number of hydrogen-bond acceptors (Lipinski definition) is 6. The largest absolute Gasteiger partial charge is 0.346 e. The van der Waals surface area contributed by atoms with Crippen molar-refractivity contribution in [3.63, 3.8) is 0 Å². The molecule has 274 valence electrons. The molecule has 0 radical (unpaired) electrons. The van der Waals surface area contributed by atoms with Gasteiger partial charge in [0, 0.05) is 32.6 Å². The summed E-state index contributed by atoms with van der Waals surface area (Å²) in [5.41, 5.74) is -0.506. The molecule has 3 aliphatic heterocycles. The third kappa shape index (κ3) is 9.63. The lowest BCUT2D eigenvalue weighted by atomic mass is 9.86. The molecular weight excluding hydrogens is 624 g/mol. The van der Waals surface area contributed by atoms with Crippen LogP contribution in [0.4, 0.5) is 4.79 Å². The van der Waals surface area contributed by atoms with Crippen molar-refractivity contribution < 1.29 is 28.8 Å². The lowest BCUT2D eigenvalue weighted by Gasteiger charge is -2.38. The van der Waals surface area contributed by atoms with Gasteiger partial charge in [-0.2, -0.15) is 0 Å². The molecule has 49 heavy (non-hydrogen) atoms. The number of ketones is 1. The molecule has 1 saturated carbocycles. The summed E-state index contributed by atoms with van der Waals surface area (Å²) in [6, 6.07) is -3.47. The number of nitrogens with zero attached hydrogens (tertiary/aromatic N) is 2. The molecule has 4 rings (SSSR count). The predicted molar refractivity (Wildman–Crippen MR) is 187 cm³/mol. The van der Waals surface area contributed by atoms with E-state index in [2.05, 4.69) is 41.7 Å². The van der Waals surface area contributed by atoms with Crippen LogP contribution in [0.5, 0.6) is 0 Å². The van der Waals surface area contributed by atoms with Crippen LogP contribution in [0.1, 0.15) is 112 Å². The molecule has 0 aromatic rings. The van der Waals surface area contributed by atoms with Gasteiger partial charge in [0.25, 0.3) is 5.91 Å². The Bertz CT molecular complexity index is 1260. The van der Waals surface area contributed by atoms with Gasteiger partial charge >= 0.3 is 6.03 Å². The van der Waals surface area contributed by atoms with E-state index in [1.165, 1.54) is 6.08 Å². The number of Topliss-reactive ketones (excluding diaryl/α,β-unsaturated/α-hetero) is 1. The van der Waals surface area contributed by atoms with E-state index in [0.717, 1.165) is 51.4 Å². The molecule has 12 nitrogen and oxygen atoms in total. The van der Waals surface area contributed by atoms with Crippen LogP contribution >= 0.6 is 0 Å². The van der Waals surface area contributed by atoms with E-state index in [9.17, 15) is 28.8 Å². The van der Waals surface area contributed by atoms with Crippen LogP contribution in [0.2, 0.25) is 0 Å². The Labute approximate surface area is 292 Å². The summed E-state index contributed by atoms with van der Waals surface area (Å²) in [7, 11) is 0. The fourth-order valence-corrected chi connectivity index (χ4v) is 7.96. The highest BCUT2D eigenvalue weighted by atomic mass is 16.2. The van der Waals surface area contributed by atoms with E-state index < -0.39 is 41.8 Å². The maximum atomic E-state index is 14.4. The zero-order chi connectivity index (χ0) is 35.9. The van der Waals surface area contributed by atoms with Crippen molar-refractivity contribution >= 4 is 35.4 Å². The van der Waals surface area contributed by atoms with E-state index >= 15 is 0 Å². The molecular formula is C37H60N6O6. The minimum Gasteiger partial charge on any atom is -0.346 e. The van der Waals surface area contributed by atoms with Crippen LogP contribution in [0.25, 0.3) is 0 Å². The van der Waals surface area contributed by atoms with Gasteiger partial charge in [-0.05, 0) is 48.3 Å². The van der Waals surface area contributed by atoms with Crippen molar-refractivity contribution in [1.29, 1.82) is 0 Å². The molecule has 4 fully saturated rings. The number of likely N-dealkylation sites (tertiary alicyclic amines) is 1. The van der Waals surface area contributed by atoms with Crippen molar-refractivity contribution in [1.82, 2.24) is 31.1 Å². The molecule has 0 spiro atoms. The van der Waals surface area contributed by atoms with E-state index in [0.29, 0.717) is 45.3 Å². The van der Waals surface area contributed by atoms with E-state index in [-0.39, 0.29) is 47.1 Å². The Kier molecular flexibility index (Phi) is 12.9. The summed E-state index contributed by atoms with van der Waals surface area (Å²) in [6.45, 7) is 15.4. The van der Waals surface area contributed by atoms with Gasteiger partial charge in [-0.15, -0.1) is 6.58 Å². The van der Waals surface area contributed by atoms with Crippen LogP contribution in [0, 0.1) is 22.7 Å². The molecule has 6 atom stereocenters. The summed E-state index contributed by atoms with van der Waals surface area (Å²) in [5, 5.41) is 11.5. The first-order valence-corrected chi connectivity index (χ1v) is 18.6. The Morgan fingerprint density at radius 1 is 0.980 bits per heavy atom. The van der Waals surface area contributed by atoms with Crippen LogP contribution < -0.4 is 21.3 Å². The van der Waals surface area contributed by atoms with Gasteiger partial charge in [0.15, 0.2) is 0 Å². The molecule has 0 bridgehead atoms. The number of carbonyl (C=O) groups excluding carboxylic acids is 6. The Balaban J connectivity index is 1.54. The van der Waals surface area contributed by atoms with Crippen LogP contribution in [-0.4, -0.2) is 95.6 Å². The average molecular weight is 685 g/mol. The highest BCUT2D eigenvalue weighted by Gasteiger charge is 2.69.